The number of carboxylic acids is 1. The van der Waals surface area contributed by atoms with Gasteiger partial charge < -0.3 is 20.1 Å². The number of urea groups is 1. The number of likely N-dealkylation sites (N-methyl/N-ethyl adjacent to an activating group) is 1. The second kappa shape index (κ2) is 7.85. The number of anilines is 1. The molecule has 0 aliphatic heterocycles. The summed E-state index contributed by atoms with van der Waals surface area (Å²) in [6.45, 7) is 4.69. The lowest BCUT2D eigenvalue weighted by Gasteiger charge is -2.19. The molecule has 116 valence electrons. The minimum Gasteiger partial charge on any atom is -0.478 e. The van der Waals surface area contributed by atoms with E-state index in [1.807, 2.05) is 13.8 Å². The van der Waals surface area contributed by atoms with Crippen molar-refractivity contribution < 1.29 is 19.4 Å². The molecule has 2 N–H and O–H groups in total. The van der Waals surface area contributed by atoms with E-state index in [-0.39, 0.29) is 22.7 Å². The molecule has 0 spiro atoms. The van der Waals surface area contributed by atoms with E-state index in [9.17, 15) is 9.59 Å². The van der Waals surface area contributed by atoms with Crippen molar-refractivity contribution in [3.8, 4) is 0 Å². The maximum Gasteiger partial charge on any atom is 0.335 e. The molecule has 0 bridgehead atoms. The average molecular weight is 315 g/mol. The van der Waals surface area contributed by atoms with Crippen LogP contribution in [0.3, 0.4) is 0 Å². The number of hydrogen-bond acceptors (Lipinski definition) is 3. The molecule has 6 nitrogen and oxygen atoms in total. The highest BCUT2D eigenvalue weighted by Gasteiger charge is 2.12. The molecule has 1 rings (SSSR count). The molecule has 0 aromatic heterocycles. The van der Waals surface area contributed by atoms with E-state index in [0.29, 0.717) is 18.8 Å². The van der Waals surface area contributed by atoms with E-state index >= 15 is 0 Å². The van der Waals surface area contributed by atoms with Crippen molar-refractivity contribution in [2.45, 2.75) is 20.0 Å². The van der Waals surface area contributed by atoms with Crippen LogP contribution in [0.25, 0.3) is 0 Å². The lowest BCUT2D eigenvalue weighted by atomic mass is 10.2. The summed E-state index contributed by atoms with van der Waals surface area (Å²) in [7, 11) is 1.63. The van der Waals surface area contributed by atoms with Crippen LogP contribution in [-0.2, 0) is 4.74 Å². The number of halogens is 1. The largest absolute Gasteiger partial charge is 0.478 e. The van der Waals surface area contributed by atoms with Gasteiger partial charge in [-0.3, -0.25) is 0 Å². The lowest BCUT2D eigenvalue weighted by Crippen LogP contribution is -2.34. The first-order chi connectivity index (χ1) is 9.79. The van der Waals surface area contributed by atoms with Gasteiger partial charge in [-0.15, -0.1) is 0 Å². The molecular formula is C14H19ClN2O4. The summed E-state index contributed by atoms with van der Waals surface area (Å²) < 4.78 is 5.36. The molecule has 0 radical (unpaired) electrons. The normalized spacial score (nSPS) is 10.5. The summed E-state index contributed by atoms with van der Waals surface area (Å²) in [5.41, 5.74) is 0.352. The zero-order valence-corrected chi connectivity index (χ0v) is 13.0. The van der Waals surface area contributed by atoms with E-state index in [1.165, 1.54) is 23.1 Å². The second-order valence-corrected chi connectivity index (χ2v) is 5.24. The number of nitrogens with one attached hydrogen (secondary N) is 1. The summed E-state index contributed by atoms with van der Waals surface area (Å²) in [5, 5.41) is 11.8. The average Bonchev–Trinajstić information content (AvgIpc) is 2.37. The van der Waals surface area contributed by atoms with Crippen molar-refractivity contribution in [1.82, 2.24) is 4.90 Å². The van der Waals surface area contributed by atoms with Gasteiger partial charge >= 0.3 is 12.0 Å². The number of hydrogen-bond donors (Lipinski definition) is 2. The van der Waals surface area contributed by atoms with Gasteiger partial charge in [0.25, 0.3) is 0 Å². The Bertz CT molecular complexity index is 520. The second-order valence-electron chi connectivity index (χ2n) is 4.80. The highest BCUT2D eigenvalue weighted by molar-refractivity contribution is 6.31. The fourth-order valence-electron chi connectivity index (χ4n) is 1.53. The fraction of sp³-hybridized carbons (Fsp3) is 0.429. The van der Waals surface area contributed by atoms with Crippen molar-refractivity contribution in [1.29, 1.82) is 0 Å². The van der Waals surface area contributed by atoms with Crippen molar-refractivity contribution in [2.75, 3.05) is 25.5 Å². The molecule has 0 heterocycles. The number of amides is 2. The Hall–Kier alpha value is -1.79. The fourth-order valence-corrected chi connectivity index (χ4v) is 1.77. The first-order valence-electron chi connectivity index (χ1n) is 6.47. The number of carboxylic acid groups (broad SMARTS) is 1. The van der Waals surface area contributed by atoms with Gasteiger partial charge in [0.15, 0.2) is 0 Å². The van der Waals surface area contributed by atoms with Gasteiger partial charge in [-0.05, 0) is 32.0 Å². The molecule has 1 aromatic rings. The summed E-state index contributed by atoms with van der Waals surface area (Å²) in [6, 6.07) is 3.80. The minimum atomic E-state index is -1.10. The lowest BCUT2D eigenvalue weighted by molar-refractivity contribution is 0.0690. The third-order valence-corrected chi connectivity index (χ3v) is 2.84. The van der Waals surface area contributed by atoms with Gasteiger partial charge in [-0.2, -0.15) is 0 Å². The molecule has 2 amide bonds. The predicted molar refractivity (Wildman–Crippen MR) is 81.1 cm³/mol. The van der Waals surface area contributed by atoms with Gasteiger partial charge in [-0.1, -0.05) is 11.6 Å². The summed E-state index contributed by atoms with van der Waals surface area (Å²) >= 11 is 5.83. The number of rotatable bonds is 6. The molecule has 0 saturated heterocycles. The first kappa shape index (κ1) is 17.3. The first-order valence-corrected chi connectivity index (χ1v) is 6.85. The summed E-state index contributed by atoms with van der Waals surface area (Å²) in [6.07, 6.45) is 0.104. The van der Waals surface area contributed by atoms with Crippen molar-refractivity contribution in [3.63, 3.8) is 0 Å². The van der Waals surface area contributed by atoms with Crippen LogP contribution in [0.2, 0.25) is 5.02 Å². The Morgan fingerprint density at radius 1 is 1.38 bits per heavy atom. The number of nitrogens with zero attached hydrogens (tertiary/aromatic N) is 1. The SMILES string of the molecule is CC(C)OCCN(C)C(=O)Nc1cc(Cl)cc(C(=O)O)c1. The van der Waals surface area contributed by atoms with Gasteiger partial charge in [0.1, 0.15) is 0 Å². The summed E-state index contributed by atoms with van der Waals surface area (Å²) in [5.74, 6) is -1.10. The monoisotopic (exact) mass is 314 g/mol. The highest BCUT2D eigenvalue weighted by Crippen LogP contribution is 2.19. The van der Waals surface area contributed by atoms with E-state index < -0.39 is 5.97 Å². The molecule has 1 aromatic carbocycles. The van der Waals surface area contributed by atoms with Crippen molar-refractivity contribution in [3.05, 3.63) is 28.8 Å². The Labute approximate surface area is 128 Å². The molecule has 0 aliphatic carbocycles. The minimum absolute atomic E-state index is 0.0172. The van der Waals surface area contributed by atoms with Crippen molar-refractivity contribution >= 4 is 29.3 Å². The Morgan fingerprint density at radius 2 is 2.05 bits per heavy atom. The Kier molecular flexibility index (Phi) is 6.45. The third-order valence-electron chi connectivity index (χ3n) is 2.62. The Morgan fingerprint density at radius 3 is 2.62 bits per heavy atom. The van der Waals surface area contributed by atoms with Crippen LogP contribution in [0, 0.1) is 0 Å². The zero-order chi connectivity index (χ0) is 16.0. The topological polar surface area (TPSA) is 78.9 Å². The molecular weight excluding hydrogens is 296 g/mol. The van der Waals surface area contributed by atoms with Crippen LogP contribution in [0.15, 0.2) is 18.2 Å². The van der Waals surface area contributed by atoms with Crippen LogP contribution in [0.4, 0.5) is 10.5 Å². The van der Waals surface area contributed by atoms with Crippen molar-refractivity contribution in [2.24, 2.45) is 0 Å². The number of aromatic carboxylic acids is 1. The standard InChI is InChI=1S/C14H19ClN2O4/c1-9(2)21-5-4-17(3)14(20)16-12-7-10(13(18)19)6-11(15)8-12/h6-9H,4-5H2,1-3H3,(H,16,20)(H,18,19). The van der Waals surface area contributed by atoms with Gasteiger partial charge in [0.2, 0.25) is 0 Å². The molecule has 0 atom stereocenters. The quantitative estimate of drug-likeness (QED) is 0.846. The smallest absolute Gasteiger partial charge is 0.335 e. The van der Waals surface area contributed by atoms with Crippen LogP contribution < -0.4 is 5.32 Å². The number of carbonyl (C=O) groups excluding carboxylic acids is 1. The molecule has 0 aliphatic rings. The maximum atomic E-state index is 11.9. The highest BCUT2D eigenvalue weighted by atomic mass is 35.5. The van der Waals surface area contributed by atoms with E-state index in [0.717, 1.165) is 0 Å². The molecule has 0 unspecified atom stereocenters. The van der Waals surface area contributed by atoms with Crippen LogP contribution in [0.5, 0.6) is 0 Å². The van der Waals surface area contributed by atoms with Gasteiger partial charge in [0.05, 0.1) is 18.3 Å². The van der Waals surface area contributed by atoms with E-state index in [4.69, 9.17) is 21.4 Å². The maximum absolute atomic E-state index is 11.9. The number of carbonyl (C=O) groups is 2. The van der Waals surface area contributed by atoms with Gasteiger partial charge in [0, 0.05) is 24.3 Å². The van der Waals surface area contributed by atoms with Crippen LogP contribution in [0.1, 0.15) is 24.2 Å². The zero-order valence-electron chi connectivity index (χ0n) is 12.2. The van der Waals surface area contributed by atoms with Crippen LogP contribution >= 0.6 is 11.6 Å². The number of benzene rings is 1. The van der Waals surface area contributed by atoms with Gasteiger partial charge in [-0.25, -0.2) is 9.59 Å². The third kappa shape index (κ3) is 6.01. The molecule has 0 saturated carbocycles. The molecule has 21 heavy (non-hydrogen) atoms. The number of ether oxygens (including phenoxy) is 1. The molecule has 0 fully saturated rings. The predicted octanol–water partition coefficient (Wildman–Crippen LogP) is 2.93. The van der Waals surface area contributed by atoms with Crippen LogP contribution in [-0.4, -0.2) is 48.3 Å². The summed E-state index contributed by atoms with van der Waals surface area (Å²) in [4.78, 5) is 24.3. The van der Waals surface area contributed by atoms with E-state index in [2.05, 4.69) is 5.32 Å². The Balaban J connectivity index is 2.63. The van der Waals surface area contributed by atoms with E-state index in [1.54, 1.807) is 7.05 Å². The molecule has 7 heteroatoms.